The quantitative estimate of drug-likeness (QED) is 0.847. The van der Waals surface area contributed by atoms with Crippen molar-refractivity contribution in [2.45, 2.75) is 32.2 Å². The molecular formula is C13H15NO3. The fourth-order valence-corrected chi connectivity index (χ4v) is 2.18. The molecule has 17 heavy (non-hydrogen) atoms. The Labute approximate surface area is 99.9 Å². The molecule has 0 unspecified atom stereocenters. The van der Waals surface area contributed by atoms with Crippen molar-refractivity contribution in [3.63, 3.8) is 0 Å². The number of fused-ring (bicyclic) bond motifs is 1. The maximum absolute atomic E-state index is 12.0. The summed E-state index contributed by atoms with van der Waals surface area (Å²) in [5, 5.41) is 9.08. The van der Waals surface area contributed by atoms with Crippen molar-refractivity contribution in [2.24, 2.45) is 0 Å². The van der Waals surface area contributed by atoms with Gasteiger partial charge in [0.1, 0.15) is 6.04 Å². The number of hydrogen-bond acceptors (Lipinski definition) is 2. The van der Waals surface area contributed by atoms with E-state index < -0.39 is 12.0 Å². The maximum Gasteiger partial charge on any atom is 0.326 e. The van der Waals surface area contributed by atoms with Crippen LogP contribution in [-0.4, -0.2) is 23.0 Å². The van der Waals surface area contributed by atoms with Gasteiger partial charge >= 0.3 is 5.97 Å². The Morgan fingerprint density at radius 2 is 2.06 bits per heavy atom. The molecule has 0 saturated heterocycles. The molecule has 4 nitrogen and oxygen atoms in total. The van der Waals surface area contributed by atoms with Gasteiger partial charge in [-0.2, -0.15) is 0 Å². The summed E-state index contributed by atoms with van der Waals surface area (Å²) in [6.07, 6.45) is 2.01. The van der Waals surface area contributed by atoms with Crippen molar-refractivity contribution in [3.05, 3.63) is 29.8 Å². The first kappa shape index (κ1) is 11.6. The number of nitrogens with zero attached hydrogens (tertiary/aromatic N) is 1. The molecule has 0 bridgehead atoms. The summed E-state index contributed by atoms with van der Waals surface area (Å²) in [4.78, 5) is 24.5. The van der Waals surface area contributed by atoms with Gasteiger partial charge in [-0.25, -0.2) is 4.79 Å². The lowest BCUT2D eigenvalue weighted by Gasteiger charge is -2.26. The van der Waals surface area contributed by atoms with E-state index in [9.17, 15) is 9.59 Å². The topological polar surface area (TPSA) is 57.6 Å². The molecule has 1 aliphatic rings. The van der Waals surface area contributed by atoms with E-state index in [-0.39, 0.29) is 5.91 Å². The van der Waals surface area contributed by atoms with Crippen LogP contribution in [0.3, 0.4) is 0 Å². The van der Waals surface area contributed by atoms with Crippen LogP contribution in [-0.2, 0) is 16.0 Å². The van der Waals surface area contributed by atoms with Crippen LogP contribution in [0.5, 0.6) is 0 Å². The summed E-state index contributed by atoms with van der Waals surface area (Å²) in [6.45, 7) is 1.54. The standard InChI is InChI=1S/C13H15NO3/c1-9(13(16)17)14-11-7-3-2-5-10(11)6-4-8-12(14)15/h2-3,5,7,9H,4,6,8H2,1H3,(H,16,17)/t9-/m1/s1. The summed E-state index contributed by atoms with van der Waals surface area (Å²) in [7, 11) is 0. The van der Waals surface area contributed by atoms with Gasteiger partial charge in [0, 0.05) is 12.1 Å². The van der Waals surface area contributed by atoms with Gasteiger partial charge in [0.25, 0.3) is 0 Å². The van der Waals surface area contributed by atoms with Gasteiger partial charge in [-0.3, -0.25) is 9.69 Å². The zero-order valence-corrected chi connectivity index (χ0v) is 9.72. The Bertz CT molecular complexity index is 456. The molecular weight excluding hydrogens is 218 g/mol. The fourth-order valence-electron chi connectivity index (χ4n) is 2.18. The van der Waals surface area contributed by atoms with E-state index in [4.69, 9.17) is 5.11 Å². The second kappa shape index (κ2) is 4.57. The SMILES string of the molecule is C[C@H](C(=O)O)N1C(=O)CCCc2ccccc21. The first-order valence-electron chi connectivity index (χ1n) is 5.74. The molecule has 2 rings (SSSR count). The molecule has 0 saturated carbocycles. The van der Waals surface area contributed by atoms with Crippen LogP contribution in [0.2, 0.25) is 0 Å². The fraction of sp³-hybridized carbons (Fsp3) is 0.385. The number of rotatable bonds is 2. The number of carbonyl (C=O) groups excluding carboxylic acids is 1. The van der Waals surface area contributed by atoms with Crippen LogP contribution in [0.15, 0.2) is 24.3 Å². The molecule has 1 aromatic rings. The molecule has 1 amide bonds. The molecule has 1 atom stereocenters. The van der Waals surface area contributed by atoms with Crippen LogP contribution in [0.1, 0.15) is 25.3 Å². The van der Waals surface area contributed by atoms with E-state index in [1.165, 1.54) is 4.90 Å². The first-order valence-corrected chi connectivity index (χ1v) is 5.74. The van der Waals surface area contributed by atoms with Crippen molar-refractivity contribution >= 4 is 17.6 Å². The average Bonchev–Trinajstić information content (AvgIpc) is 2.46. The molecule has 90 valence electrons. The normalized spacial score (nSPS) is 17.2. The predicted octanol–water partition coefficient (Wildman–Crippen LogP) is 1.83. The van der Waals surface area contributed by atoms with E-state index in [0.29, 0.717) is 6.42 Å². The number of carboxylic acid groups (broad SMARTS) is 1. The highest BCUT2D eigenvalue weighted by Gasteiger charge is 2.29. The van der Waals surface area contributed by atoms with Crippen LogP contribution in [0.25, 0.3) is 0 Å². The lowest BCUT2D eigenvalue weighted by atomic mass is 10.1. The van der Waals surface area contributed by atoms with Crippen molar-refractivity contribution in [1.29, 1.82) is 0 Å². The third kappa shape index (κ3) is 2.16. The van der Waals surface area contributed by atoms with Crippen LogP contribution >= 0.6 is 0 Å². The number of carboxylic acids is 1. The smallest absolute Gasteiger partial charge is 0.326 e. The van der Waals surface area contributed by atoms with Gasteiger partial charge in [-0.15, -0.1) is 0 Å². The number of aliphatic carboxylic acids is 1. The number of carbonyl (C=O) groups is 2. The second-order valence-electron chi connectivity index (χ2n) is 4.26. The van der Waals surface area contributed by atoms with E-state index >= 15 is 0 Å². The van der Waals surface area contributed by atoms with Crippen molar-refractivity contribution in [2.75, 3.05) is 4.90 Å². The van der Waals surface area contributed by atoms with Crippen LogP contribution in [0.4, 0.5) is 5.69 Å². The van der Waals surface area contributed by atoms with Gasteiger partial charge < -0.3 is 5.11 Å². The van der Waals surface area contributed by atoms with Crippen LogP contribution in [0, 0.1) is 0 Å². The monoisotopic (exact) mass is 233 g/mol. The summed E-state index contributed by atoms with van der Waals surface area (Å²) in [5.74, 6) is -1.08. The van der Waals surface area contributed by atoms with Crippen LogP contribution < -0.4 is 4.90 Å². The third-order valence-corrected chi connectivity index (χ3v) is 3.10. The third-order valence-electron chi connectivity index (χ3n) is 3.10. The van der Waals surface area contributed by atoms with E-state index in [0.717, 1.165) is 24.1 Å². The maximum atomic E-state index is 12.0. The van der Waals surface area contributed by atoms with Gasteiger partial charge in [-0.05, 0) is 31.4 Å². The molecule has 0 radical (unpaired) electrons. The van der Waals surface area contributed by atoms with Crippen molar-refractivity contribution < 1.29 is 14.7 Å². The number of amides is 1. The molecule has 1 aromatic carbocycles. The zero-order chi connectivity index (χ0) is 12.4. The summed E-state index contributed by atoms with van der Waals surface area (Å²) >= 11 is 0. The molecule has 1 heterocycles. The Morgan fingerprint density at radius 3 is 2.76 bits per heavy atom. The largest absolute Gasteiger partial charge is 0.480 e. The summed E-state index contributed by atoms with van der Waals surface area (Å²) in [6, 6.07) is 6.70. The Kier molecular flexibility index (Phi) is 3.13. The van der Waals surface area contributed by atoms with Gasteiger partial charge in [-0.1, -0.05) is 18.2 Å². The van der Waals surface area contributed by atoms with Gasteiger partial charge in [0.05, 0.1) is 0 Å². The molecule has 0 aliphatic carbocycles. The highest BCUT2D eigenvalue weighted by Crippen LogP contribution is 2.28. The molecule has 0 fully saturated rings. The Hall–Kier alpha value is -1.84. The zero-order valence-electron chi connectivity index (χ0n) is 9.72. The Morgan fingerprint density at radius 1 is 1.35 bits per heavy atom. The van der Waals surface area contributed by atoms with Gasteiger partial charge in [0.15, 0.2) is 0 Å². The van der Waals surface area contributed by atoms with Gasteiger partial charge in [0.2, 0.25) is 5.91 Å². The number of anilines is 1. The number of hydrogen-bond donors (Lipinski definition) is 1. The minimum atomic E-state index is -0.977. The van der Waals surface area contributed by atoms with Crippen molar-refractivity contribution in [3.8, 4) is 0 Å². The van der Waals surface area contributed by atoms with E-state index in [1.54, 1.807) is 6.92 Å². The minimum absolute atomic E-state index is 0.107. The summed E-state index contributed by atoms with van der Waals surface area (Å²) in [5.41, 5.74) is 1.79. The molecule has 4 heteroatoms. The number of benzene rings is 1. The lowest BCUT2D eigenvalue weighted by molar-refractivity contribution is -0.139. The molecule has 1 aliphatic heterocycles. The second-order valence-corrected chi connectivity index (χ2v) is 4.26. The number of aryl methyl sites for hydroxylation is 1. The van der Waals surface area contributed by atoms with E-state index in [1.807, 2.05) is 24.3 Å². The summed E-state index contributed by atoms with van der Waals surface area (Å²) < 4.78 is 0. The lowest BCUT2D eigenvalue weighted by Crippen LogP contribution is -2.43. The number of para-hydroxylation sites is 1. The predicted molar refractivity (Wildman–Crippen MR) is 64.0 cm³/mol. The highest BCUT2D eigenvalue weighted by molar-refractivity contribution is 6.00. The van der Waals surface area contributed by atoms with E-state index in [2.05, 4.69) is 0 Å². The first-order chi connectivity index (χ1) is 8.11. The highest BCUT2D eigenvalue weighted by atomic mass is 16.4. The molecule has 0 spiro atoms. The molecule has 0 aromatic heterocycles. The van der Waals surface area contributed by atoms with Crippen molar-refractivity contribution in [1.82, 2.24) is 0 Å². The average molecular weight is 233 g/mol. The Balaban J connectivity index is 2.47. The minimum Gasteiger partial charge on any atom is -0.480 e. The molecule has 1 N–H and O–H groups in total.